The number of hydrogen-bond acceptors (Lipinski definition) is 4. The Morgan fingerprint density at radius 3 is 2.67 bits per heavy atom. The molecule has 1 atom stereocenters. The number of nitro benzene ring substituents is 1. The number of halogens is 1. The Labute approximate surface area is 128 Å². The number of non-ortho nitro benzene ring substituents is 1. The van der Waals surface area contributed by atoms with Crippen molar-refractivity contribution in [3.05, 3.63) is 38.3 Å². The number of likely N-dealkylation sites (tertiary alicyclic amines) is 1. The topological polar surface area (TPSA) is 101 Å². The molecule has 0 spiro atoms. The molecule has 1 saturated heterocycles. The summed E-state index contributed by atoms with van der Waals surface area (Å²) >= 11 is 3.14. The Morgan fingerprint density at radius 1 is 1.38 bits per heavy atom. The highest BCUT2D eigenvalue weighted by Crippen LogP contribution is 2.27. The van der Waals surface area contributed by atoms with Crippen LogP contribution in [0.15, 0.2) is 22.7 Å². The largest absolute Gasteiger partial charge is 0.480 e. The molecular formula is C13H13BrN2O5. The highest BCUT2D eigenvalue weighted by atomic mass is 79.9. The molecule has 7 nitrogen and oxygen atoms in total. The van der Waals surface area contributed by atoms with Gasteiger partial charge in [0, 0.05) is 23.2 Å². The smallest absolute Gasteiger partial charge is 0.326 e. The van der Waals surface area contributed by atoms with Crippen LogP contribution in [-0.2, 0) is 4.79 Å². The molecule has 1 aliphatic rings. The molecule has 0 aromatic heterocycles. The van der Waals surface area contributed by atoms with Gasteiger partial charge in [-0.15, -0.1) is 0 Å². The lowest BCUT2D eigenvalue weighted by Crippen LogP contribution is -2.48. The van der Waals surface area contributed by atoms with Crippen LogP contribution in [0.4, 0.5) is 5.69 Å². The summed E-state index contributed by atoms with van der Waals surface area (Å²) in [6, 6.07) is 2.98. The molecule has 21 heavy (non-hydrogen) atoms. The molecule has 1 amide bonds. The van der Waals surface area contributed by atoms with Crippen molar-refractivity contribution in [2.24, 2.45) is 0 Å². The molecule has 1 fully saturated rings. The molecule has 0 saturated carbocycles. The summed E-state index contributed by atoms with van der Waals surface area (Å²) in [7, 11) is 0. The highest BCUT2D eigenvalue weighted by molar-refractivity contribution is 9.10. The van der Waals surface area contributed by atoms with Crippen molar-refractivity contribution < 1.29 is 19.6 Å². The number of nitrogens with zero attached hydrogens (tertiary/aromatic N) is 2. The zero-order valence-corrected chi connectivity index (χ0v) is 12.6. The Morgan fingerprint density at radius 2 is 2.10 bits per heavy atom. The van der Waals surface area contributed by atoms with Crippen molar-refractivity contribution in [3.63, 3.8) is 0 Å². The summed E-state index contributed by atoms with van der Waals surface area (Å²) in [6.07, 6.45) is 1.94. The van der Waals surface area contributed by atoms with Crippen molar-refractivity contribution >= 4 is 33.5 Å². The van der Waals surface area contributed by atoms with Gasteiger partial charge in [-0.3, -0.25) is 14.9 Å². The normalized spacial score (nSPS) is 18.3. The van der Waals surface area contributed by atoms with Gasteiger partial charge in [0.1, 0.15) is 6.04 Å². The second-order valence-electron chi connectivity index (χ2n) is 4.77. The first kappa shape index (κ1) is 15.4. The first-order valence-corrected chi connectivity index (χ1v) is 7.19. The Kier molecular flexibility index (Phi) is 4.56. The molecule has 0 bridgehead atoms. The molecule has 1 aromatic carbocycles. The van der Waals surface area contributed by atoms with Crippen molar-refractivity contribution in [2.75, 3.05) is 6.54 Å². The fraction of sp³-hybridized carbons (Fsp3) is 0.385. The van der Waals surface area contributed by atoms with Gasteiger partial charge in [0.15, 0.2) is 0 Å². The summed E-state index contributed by atoms with van der Waals surface area (Å²) < 4.78 is 0.288. The molecular weight excluding hydrogens is 344 g/mol. The van der Waals surface area contributed by atoms with Gasteiger partial charge in [-0.05, 0) is 41.3 Å². The van der Waals surface area contributed by atoms with E-state index in [-0.39, 0.29) is 15.7 Å². The SMILES string of the molecule is O=C(O)C1CCCCN1C(=O)c1ccc([N+](=O)[O-])cc1Br. The molecule has 1 N–H and O–H groups in total. The first-order chi connectivity index (χ1) is 9.91. The Hall–Kier alpha value is -1.96. The van der Waals surface area contributed by atoms with Crippen LogP contribution in [0.3, 0.4) is 0 Å². The molecule has 112 valence electrons. The second-order valence-corrected chi connectivity index (χ2v) is 5.62. The lowest BCUT2D eigenvalue weighted by atomic mass is 10.0. The van der Waals surface area contributed by atoms with Gasteiger partial charge in [0.05, 0.1) is 10.5 Å². The monoisotopic (exact) mass is 356 g/mol. The van der Waals surface area contributed by atoms with Crippen molar-refractivity contribution in [3.8, 4) is 0 Å². The number of carbonyl (C=O) groups excluding carboxylic acids is 1. The maximum atomic E-state index is 12.5. The van der Waals surface area contributed by atoms with E-state index in [1.807, 2.05) is 0 Å². The predicted molar refractivity (Wildman–Crippen MR) is 77.1 cm³/mol. The summed E-state index contributed by atoms with van der Waals surface area (Å²) in [4.78, 5) is 35.2. The van der Waals surface area contributed by atoms with E-state index in [0.717, 1.165) is 12.8 Å². The number of carbonyl (C=O) groups is 2. The van der Waals surface area contributed by atoms with E-state index in [1.165, 1.54) is 23.1 Å². The molecule has 1 aromatic rings. The van der Waals surface area contributed by atoms with Crippen LogP contribution in [0.2, 0.25) is 0 Å². The van der Waals surface area contributed by atoms with Gasteiger partial charge in [-0.25, -0.2) is 4.79 Å². The van der Waals surface area contributed by atoms with Crippen LogP contribution in [-0.4, -0.2) is 39.4 Å². The van der Waals surface area contributed by atoms with E-state index in [4.69, 9.17) is 0 Å². The number of aliphatic carboxylic acids is 1. The minimum absolute atomic E-state index is 0.133. The molecule has 1 aliphatic heterocycles. The number of benzene rings is 1. The Balaban J connectivity index is 2.30. The predicted octanol–water partition coefficient (Wildman–Crippen LogP) is 2.44. The van der Waals surface area contributed by atoms with Crippen LogP contribution in [0.5, 0.6) is 0 Å². The van der Waals surface area contributed by atoms with Gasteiger partial charge in [-0.2, -0.15) is 0 Å². The van der Waals surface area contributed by atoms with E-state index in [2.05, 4.69) is 15.9 Å². The van der Waals surface area contributed by atoms with E-state index in [9.17, 15) is 24.8 Å². The lowest BCUT2D eigenvalue weighted by molar-refractivity contribution is -0.384. The second kappa shape index (κ2) is 6.21. The van der Waals surface area contributed by atoms with Gasteiger partial charge in [0.25, 0.3) is 11.6 Å². The van der Waals surface area contributed by atoms with Gasteiger partial charge in [-0.1, -0.05) is 0 Å². The Bertz CT molecular complexity index is 604. The molecule has 1 unspecified atom stereocenters. The lowest BCUT2D eigenvalue weighted by Gasteiger charge is -2.33. The average Bonchev–Trinajstić information content (AvgIpc) is 2.46. The average molecular weight is 357 g/mol. The van der Waals surface area contributed by atoms with Gasteiger partial charge >= 0.3 is 5.97 Å². The van der Waals surface area contributed by atoms with E-state index < -0.39 is 22.8 Å². The third-order valence-corrected chi connectivity index (χ3v) is 4.10. The molecule has 8 heteroatoms. The summed E-state index contributed by atoms with van der Waals surface area (Å²) in [5, 5.41) is 19.9. The van der Waals surface area contributed by atoms with Gasteiger partial charge < -0.3 is 10.0 Å². The zero-order chi connectivity index (χ0) is 15.6. The third-order valence-electron chi connectivity index (χ3n) is 3.44. The quantitative estimate of drug-likeness (QED) is 0.661. The van der Waals surface area contributed by atoms with Crippen LogP contribution < -0.4 is 0 Å². The molecule has 2 rings (SSSR count). The van der Waals surface area contributed by atoms with Gasteiger partial charge in [0.2, 0.25) is 0 Å². The molecule has 1 heterocycles. The molecule has 0 radical (unpaired) electrons. The minimum Gasteiger partial charge on any atom is -0.480 e. The van der Waals surface area contributed by atoms with Crippen molar-refractivity contribution in [1.29, 1.82) is 0 Å². The van der Waals surface area contributed by atoms with Crippen LogP contribution >= 0.6 is 15.9 Å². The van der Waals surface area contributed by atoms with E-state index in [1.54, 1.807) is 0 Å². The van der Waals surface area contributed by atoms with Crippen LogP contribution in [0, 0.1) is 10.1 Å². The number of amides is 1. The summed E-state index contributed by atoms with van der Waals surface area (Å²) in [5.74, 6) is -1.45. The number of nitro groups is 1. The number of carboxylic acid groups (broad SMARTS) is 1. The van der Waals surface area contributed by atoms with E-state index >= 15 is 0 Å². The number of hydrogen-bond donors (Lipinski definition) is 1. The first-order valence-electron chi connectivity index (χ1n) is 6.39. The van der Waals surface area contributed by atoms with Crippen LogP contribution in [0.1, 0.15) is 29.6 Å². The molecule has 0 aliphatic carbocycles. The number of carboxylic acids is 1. The van der Waals surface area contributed by atoms with E-state index in [0.29, 0.717) is 13.0 Å². The van der Waals surface area contributed by atoms with Crippen molar-refractivity contribution in [2.45, 2.75) is 25.3 Å². The highest BCUT2D eigenvalue weighted by Gasteiger charge is 2.33. The fourth-order valence-corrected chi connectivity index (χ4v) is 2.91. The summed E-state index contributed by atoms with van der Waals surface area (Å²) in [6.45, 7) is 0.374. The number of rotatable bonds is 3. The maximum absolute atomic E-state index is 12.5. The maximum Gasteiger partial charge on any atom is 0.326 e. The van der Waals surface area contributed by atoms with Crippen molar-refractivity contribution in [1.82, 2.24) is 4.90 Å². The summed E-state index contributed by atoms with van der Waals surface area (Å²) in [5.41, 5.74) is 0.0978. The van der Waals surface area contributed by atoms with Crippen LogP contribution in [0.25, 0.3) is 0 Å². The zero-order valence-electron chi connectivity index (χ0n) is 11.0. The third kappa shape index (κ3) is 3.21. The fourth-order valence-electron chi connectivity index (χ4n) is 2.38. The minimum atomic E-state index is -1.03. The standard InChI is InChI=1S/C13H13BrN2O5/c14-10-7-8(16(20)21)4-5-9(10)12(17)15-6-2-1-3-11(15)13(18)19/h4-5,7,11H,1-3,6H2,(H,18,19). The number of piperidine rings is 1.